The zero-order chi connectivity index (χ0) is 14.5. The van der Waals surface area contributed by atoms with Gasteiger partial charge in [0.1, 0.15) is 5.75 Å². The summed E-state index contributed by atoms with van der Waals surface area (Å²) in [5, 5.41) is 6.82. The Morgan fingerprint density at radius 3 is 2.95 bits per heavy atom. The van der Waals surface area contributed by atoms with Gasteiger partial charge < -0.3 is 15.4 Å². The van der Waals surface area contributed by atoms with Gasteiger partial charge in [-0.2, -0.15) is 0 Å². The number of fused-ring (bicyclic) bond motifs is 1. The Kier molecular flexibility index (Phi) is 5.12. The number of halogens is 1. The minimum Gasteiger partial charge on any atom is -0.482 e. The molecule has 0 saturated carbocycles. The van der Waals surface area contributed by atoms with Crippen molar-refractivity contribution in [2.24, 2.45) is 0 Å². The predicted octanol–water partition coefficient (Wildman–Crippen LogP) is 4.05. The molecule has 1 aromatic carbocycles. The number of hydrogen-bond acceptors (Lipinski definition) is 3. The maximum Gasteiger partial charge on any atom is 0.262 e. The van der Waals surface area contributed by atoms with Gasteiger partial charge in [-0.15, -0.1) is 0 Å². The number of hydrogen-bond donors (Lipinski definition) is 2. The first-order valence-electron chi connectivity index (χ1n) is 7.16. The van der Waals surface area contributed by atoms with Crippen LogP contribution in [-0.4, -0.2) is 18.6 Å². The molecule has 1 aliphatic heterocycles. The molecule has 4 nitrogen and oxygen atoms in total. The minimum atomic E-state index is -0.149. The van der Waals surface area contributed by atoms with Gasteiger partial charge in [0.15, 0.2) is 6.61 Å². The first-order chi connectivity index (χ1) is 9.63. The molecular formula is C15H21ClN2O2. The Balaban J connectivity index is 2.14. The van der Waals surface area contributed by atoms with Gasteiger partial charge >= 0.3 is 0 Å². The molecule has 2 N–H and O–H groups in total. The van der Waals surface area contributed by atoms with Crippen molar-refractivity contribution in [1.82, 2.24) is 0 Å². The predicted molar refractivity (Wildman–Crippen MR) is 82.8 cm³/mol. The molecule has 110 valence electrons. The van der Waals surface area contributed by atoms with E-state index < -0.39 is 0 Å². The Labute approximate surface area is 124 Å². The number of amides is 1. The Hall–Kier alpha value is -1.42. The number of benzene rings is 1. The highest BCUT2D eigenvalue weighted by molar-refractivity contribution is 6.33. The number of rotatable bonds is 6. The van der Waals surface area contributed by atoms with Gasteiger partial charge in [0.2, 0.25) is 0 Å². The summed E-state index contributed by atoms with van der Waals surface area (Å²) in [5.74, 6) is 0.519. The van der Waals surface area contributed by atoms with E-state index in [-0.39, 0.29) is 12.5 Å². The van der Waals surface area contributed by atoms with Gasteiger partial charge in [-0.25, -0.2) is 0 Å². The average molecular weight is 297 g/mol. The molecular weight excluding hydrogens is 276 g/mol. The summed E-state index contributed by atoms with van der Waals surface area (Å²) in [6, 6.07) is 4.01. The highest BCUT2D eigenvalue weighted by Crippen LogP contribution is 2.36. The van der Waals surface area contributed by atoms with Gasteiger partial charge in [0.05, 0.1) is 16.4 Å². The zero-order valence-electron chi connectivity index (χ0n) is 12.0. The average Bonchev–Trinajstić information content (AvgIpc) is 2.44. The fourth-order valence-corrected chi connectivity index (χ4v) is 2.48. The number of carbonyl (C=O) groups is 1. The van der Waals surface area contributed by atoms with Crippen molar-refractivity contribution in [2.75, 3.05) is 17.2 Å². The van der Waals surface area contributed by atoms with E-state index in [9.17, 15) is 4.79 Å². The van der Waals surface area contributed by atoms with E-state index >= 15 is 0 Å². The fourth-order valence-electron chi connectivity index (χ4n) is 2.26. The van der Waals surface area contributed by atoms with Crippen LogP contribution in [0.2, 0.25) is 5.02 Å². The van der Waals surface area contributed by atoms with Gasteiger partial charge in [-0.05, 0) is 18.9 Å². The van der Waals surface area contributed by atoms with E-state index in [2.05, 4.69) is 24.5 Å². The molecule has 0 aromatic heterocycles. The molecule has 1 aliphatic rings. The quantitative estimate of drug-likeness (QED) is 0.832. The van der Waals surface area contributed by atoms with Crippen LogP contribution < -0.4 is 15.4 Å². The molecule has 0 bridgehead atoms. The standard InChI is InChI=1S/C15H21ClN2O2/c1-3-5-6-10(4-2)17-12-8-14-13(7-11(12)16)18-15(19)9-20-14/h7-8,10,17H,3-6,9H2,1-2H3,(H,18,19). The van der Waals surface area contributed by atoms with Crippen LogP contribution in [0.3, 0.4) is 0 Å². The smallest absolute Gasteiger partial charge is 0.262 e. The van der Waals surface area contributed by atoms with E-state index in [0.717, 1.165) is 18.5 Å². The molecule has 1 heterocycles. The van der Waals surface area contributed by atoms with Crippen molar-refractivity contribution in [3.05, 3.63) is 17.2 Å². The van der Waals surface area contributed by atoms with Crippen LogP contribution in [-0.2, 0) is 4.79 Å². The number of ether oxygens (including phenoxy) is 1. The van der Waals surface area contributed by atoms with Crippen LogP contribution in [0, 0.1) is 0 Å². The lowest BCUT2D eigenvalue weighted by Crippen LogP contribution is -2.25. The number of unbranched alkanes of at least 4 members (excludes halogenated alkanes) is 1. The summed E-state index contributed by atoms with van der Waals surface area (Å²) < 4.78 is 5.42. The third-order valence-corrected chi connectivity index (χ3v) is 3.77. The zero-order valence-corrected chi connectivity index (χ0v) is 12.7. The highest BCUT2D eigenvalue weighted by atomic mass is 35.5. The second-order valence-corrected chi connectivity index (χ2v) is 5.46. The topological polar surface area (TPSA) is 50.4 Å². The van der Waals surface area contributed by atoms with Crippen molar-refractivity contribution in [3.8, 4) is 5.75 Å². The monoisotopic (exact) mass is 296 g/mol. The molecule has 0 fully saturated rings. The van der Waals surface area contributed by atoms with E-state index in [0.29, 0.717) is 22.5 Å². The molecule has 1 aromatic rings. The first kappa shape index (κ1) is 15.0. The van der Waals surface area contributed by atoms with Crippen LogP contribution in [0.1, 0.15) is 39.5 Å². The first-order valence-corrected chi connectivity index (χ1v) is 7.54. The molecule has 2 rings (SSSR count). The summed E-state index contributed by atoms with van der Waals surface area (Å²) in [7, 11) is 0. The summed E-state index contributed by atoms with van der Waals surface area (Å²) in [4.78, 5) is 11.3. The molecule has 5 heteroatoms. The van der Waals surface area contributed by atoms with E-state index in [4.69, 9.17) is 16.3 Å². The lowest BCUT2D eigenvalue weighted by molar-refractivity contribution is -0.118. The molecule has 0 aliphatic carbocycles. The highest BCUT2D eigenvalue weighted by Gasteiger charge is 2.19. The lowest BCUT2D eigenvalue weighted by atomic mass is 10.1. The van der Waals surface area contributed by atoms with E-state index in [1.165, 1.54) is 12.8 Å². The second kappa shape index (κ2) is 6.84. The van der Waals surface area contributed by atoms with E-state index in [1.54, 1.807) is 6.07 Å². The number of carbonyl (C=O) groups excluding carboxylic acids is 1. The Bertz CT molecular complexity index is 491. The molecule has 1 unspecified atom stereocenters. The summed E-state index contributed by atoms with van der Waals surface area (Å²) >= 11 is 6.27. The van der Waals surface area contributed by atoms with Crippen LogP contribution in [0.5, 0.6) is 5.75 Å². The van der Waals surface area contributed by atoms with Crippen molar-refractivity contribution < 1.29 is 9.53 Å². The van der Waals surface area contributed by atoms with Gasteiger partial charge in [-0.1, -0.05) is 38.3 Å². The molecule has 0 spiro atoms. The maximum absolute atomic E-state index is 11.3. The number of nitrogens with one attached hydrogen (secondary N) is 2. The van der Waals surface area contributed by atoms with Crippen molar-refractivity contribution in [2.45, 2.75) is 45.6 Å². The van der Waals surface area contributed by atoms with Crippen LogP contribution in [0.15, 0.2) is 12.1 Å². The van der Waals surface area contributed by atoms with Crippen molar-refractivity contribution in [1.29, 1.82) is 0 Å². The summed E-state index contributed by atoms with van der Waals surface area (Å²) in [5.41, 5.74) is 1.50. The lowest BCUT2D eigenvalue weighted by Gasteiger charge is -2.23. The fraction of sp³-hybridized carbons (Fsp3) is 0.533. The minimum absolute atomic E-state index is 0.0567. The Morgan fingerprint density at radius 2 is 2.25 bits per heavy atom. The Morgan fingerprint density at radius 1 is 1.45 bits per heavy atom. The summed E-state index contributed by atoms with van der Waals surface area (Å²) in [6.45, 7) is 4.41. The molecule has 1 atom stereocenters. The third-order valence-electron chi connectivity index (χ3n) is 3.46. The van der Waals surface area contributed by atoms with Gasteiger partial charge in [-0.3, -0.25) is 4.79 Å². The second-order valence-electron chi connectivity index (χ2n) is 5.06. The molecule has 1 amide bonds. The molecule has 20 heavy (non-hydrogen) atoms. The normalized spacial score (nSPS) is 15.1. The van der Waals surface area contributed by atoms with E-state index in [1.807, 2.05) is 6.07 Å². The third kappa shape index (κ3) is 3.57. The van der Waals surface area contributed by atoms with Crippen molar-refractivity contribution in [3.63, 3.8) is 0 Å². The SMILES string of the molecule is CCCCC(CC)Nc1cc2c(cc1Cl)NC(=O)CO2. The van der Waals surface area contributed by atoms with Crippen molar-refractivity contribution >= 4 is 28.9 Å². The molecule has 0 saturated heterocycles. The van der Waals surface area contributed by atoms with Crippen LogP contribution >= 0.6 is 11.6 Å². The van der Waals surface area contributed by atoms with Crippen LogP contribution in [0.25, 0.3) is 0 Å². The largest absolute Gasteiger partial charge is 0.482 e. The molecule has 0 radical (unpaired) electrons. The summed E-state index contributed by atoms with van der Waals surface area (Å²) in [6.07, 6.45) is 4.55. The number of anilines is 2. The van der Waals surface area contributed by atoms with Gasteiger partial charge in [0.25, 0.3) is 5.91 Å². The van der Waals surface area contributed by atoms with Crippen LogP contribution in [0.4, 0.5) is 11.4 Å². The van der Waals surface area contributed by atoms with Gasteiger partial charge in [0, 0.05) is 12.1 Å². The maximum atomic E-state index is 11.3.